The van der Waals surface area contributed by atoms with Crippen molar-refractivity contribution >= 4 is 38.6 Å². The molecule has 0 amide bonds. The summed E-state index contributed by atoms with van der Waals surface area (Å²) in [5.74, 6) is 1.99. The molecule has 0 fully saturated rings. The molecule has 1 aliphatic carbocycles. The van der Waals surface area contributed by atoms with Crippen LogP contribution >= 0.6 is 0 Å². The monoisotopic (exact) mass is 740 g/mol. The Balaban J connectivity index is 0.986. The zero-order chi connectivity index (χ0) is 38.4. The lowest BCUT2D eigenvalue weighted by atomic mass is 10.0. The number of rotatable bonds is 7. The third kappa shape index (κ3) is 5.99. The number of benzene rings is 9. The molecule has 0 atom stereocenters. The normalized spacial score (nSPS) is 11.7. The SMILES string of the molecule is c1ccc(-c2ccc(N(c3ccccc3)c3ccc4c(c3)Cc3cc(-c5nc(-c6cccc7ccccc67)nc(-c6cccc7ccccc67)n5)ccc3-4)cc2)cc1. The Hall–Kier alpha value is -7.69. The zero-order valence-corrected chi connectivity index (χ0v) is 31.6. The summed E-state index contributed by atoms with van der Waals surface area (Å²) >= 11 is 0. The Labute approximate surface area is 337 Å². The molecule has 1 heterocycles. The first kappa shape index (κ1) is 33.6. The molecule has 0 bridgehead atoms. The van der Waals surface area contributed by atoms with Gasteiger partial charge in [-0.2, -0.15) is 0 Å². The maximum absolute atomic E-state index is 5.21. The molecule has 4 heteroatoms. The summed E-state index contributed by atoms with van der Waals surface area (Å²) in [6.07, 6.45) is 0.819. The minimum absolute atomic E-state index is 0.662. The Bertz CT molecular complexity index is 3030. The van der Waals surface area contributed by atoms with Crippen LogP contribution in [0.15, 0.2) is 206 Å². The zero-order valence-electron chi connectivity index (χ0n) is 31.6. The van der Waals surface area contributed by atoms with Gasteiger partial charge in [-0.05, 0) is 104 Å². The van der Waals surface area contributed by atoms with Crippen molar-refractivity contribution in [3.05, 3.63) is 217 Å². The van der Waals surface area contributed by atoms with Gasteiger partial charge in [0.25, 0.3) is 0 Å². The lowest BCUT2D eigenvalue weighted by Gasteiger charge is -2.26. The van der Waals surface area contributed by atoms with Crippen molar-refractivity contribution in [2.75, 3.05) is 4.90 Å². The van der Waals surface area contributed by atoms with Gasteiger partial charge in [0, 0.05) is 33.8 Å². The van der Waals surface area contributed by atoms with E-state index in [0.717, 1.165) is 61.7 Å². The highest BCUT2D eigenvalue weighted by Crippen LogP contribution is 2.43. The minimum Gasteiger partial charge on any atom is -0.310 e. The van der Waals surface area contributed by atoms with E-state index in [4.69, 9.17) is 15.0 Å². The first-order valence-corrected chi connectivity index (χ1v) is 19.7. The molecule has 0 saturated carbocycles. The fourth-order valence-corrected chi connectivity index (χ4v) is 8.52. The molecule has 0 radical (unpaired) electrons. The van der Waals surface area contributed by atoms with E-state index in [1.54, 1.807) is 0 Å². The van der Waals surface area contributed by atoms with Gasteiger partial charge >= 0.3 is 0 Å². The van der Waals surface area contributed by atoms with Gasteiger partial charge in [-0.25, -0.2) is 15.0 Å². The van der Waals surface area contributed by atoms with Gasteiger partial charge < -0.3 is 4.90 Å². The van der Waals surface area contributed by atoms with Crippen LogP contribution in [0.3, 0.4) is 0 Å². The summed E-state index contributed by atoms with van der Waals surface area (Å²) in [6.45, 7) is 0. The van der Waals surface area contributed by atoms with E-state index < -0.39 is 0 Å². The summed E-state index contributed by atoms with van der Waals surface area (Å²) in [5, 5.41) is 4.53. The van der Waals surface area contributed by atoms with Crippen molar-refractivity contribution in [1.29, 1.82) is 0 Å². The molecule has 1 aromatic heterocycles. The van der Waals surface area contributed by atoms with Crippen LogP contribution in [0.25, 0.3) is 78.0 Å². The van der Waals surface area contributed by atoms with Crippen LogP contribution in [0, 0.1) is 0 Å². The van der Waals surface area contributed by atoms with Crippen LogP contribution in [0.5, 0.6) is 0 Å². The van der Waals surface area contributed by atoms with Crippen LogP contribution in [-0.2, 0) is 6.42 Å². The second kappa shape index (κ2) is 14.1. The Morgan fingerprint density at radius 2 is 0.776 bits per heavy atom. The van der Waals surface area contributed by atoms with Crippen molar-refractivity contribution in [3.8, 4) is 56.4 Å². The van der Waals surface area contributed by atoms with E-state index in [2.05, 4.69) is 211 Å². The molecule has 4 nitrogen and oxygen atoms in total. The highest BCUT2D eigenvalue weighted by atomic mass is 15.1. The molecule has 0 spiro atoms. The first-order chi connectivity index (χ1) is 28.7. The number of aromatic nitrogens is 3. The number of nitrogens with zero attached hydrogens (tertiary/aromatic N) is 4. The van der Waals surface area contributed by atoms with E-state index in [0.29, 0.717) is 17.5 Å². The molecule has 0 aliphatic heterocycles. The van der Waals surface area contributed by atoms with Crippen LogP contribution in [0.4, 0.5) is 17.1 Å². The predicted octanol–water partition coefficient (Wildman–Crippen LogP) is 13.9. The summed E-state index contributed by atoms with van der Waals surface area (Å²) in [6, 6.07) is 73.1. The van der Waals surface area contributed by atoms with Crippen molar-refractivity contribution in [1.82, 2.24) is 15.0 Å². The van der Waals surface area contributed by atoms with E-state index in [9.17, 15) is 0 Å². The molecular weight excluding hydrogens is 705 g/mol. The van der Waals surface area contributed by atoms with Crippen LogP contribution < -0.4 is 4.90 Å². The van der Waals surface area contributed by atoms with Gasteiger partial charge in [-0.3, -0.25) is 0 Å². The third-order valence-electron chi connectivity index (χ3n) is 11.3. The maximum Gasteiger partial charge on any atom is 0.164 e. The molecule has 10 aromatic rings. The van der Waals surface area contributed by atoms with E-state index in [-0.39, 0.29) is 0 Å². The van der Waals surface area contributed by atoms with Gasteiger partial charge in [0.2, 0.25) is 0 Å². The lowest BCUT2D eigenvalue weighted by Crippen LogP contribution is -2.10. The highest BCUT2D eigenvalue weighted by molar-refractivity contribution is 5.97. The molecule has 11 rings (SSSR count). The summed E-state index contributed by atoms with van der Waals surface area (Å²) < 4.78 is 0. The fraction of sp³-hybridized carbons (Fsp3) is 0.0185. The predicted molar refractivity (Wildman–Crippen MR) is 240 cm³/mol. The fourth-order valence-electron chi connectivity index (χ4n) is 8.52. The maximum atomic E-state index is 5.21. The lowest BCUT2D eigenvalue weighted by molar-refractivity contribution is 1.08. The topological polar surface area (TPSA) is 41.9 Å². The Morgan fingerprint density at radius 3 is 1.43 bits per heavy atom. The molecule has 1 aliphatic rings. The second-order valence-corrected chi connectivity index (χ2v) is 14.8. The van der Waals surface area contributed by atoms with Gasteiger partial charge in [-0.1, -0.05) is 164 Å². The second-order valence-electron chi connectivity index (χ2n) is 14.8. The van der Waals surface area contributed by atoms with Crippen molar-refractivity contribution < 1.29 is 0 Å². The van der Waals surface area contributed by atoms with Crippen molar-refractivity contribution in [2.24, 2.45) is 0 Å². The average Bonchev–Trinajstić information content (AvgIpc) is 3.67. The van der Waals surface area contributed by atoms with E-state index in [1.807, 2.05) is 0 Å². The summed E-state index contributed by atoms with van der Waals surface area (Å²) in [5.41, 5.74) is 13.8. The van der Waals surface area contributed by atoms with Gasteiger partial charge in [0.15, 0.2) is 17.5 Å². The number of para-hydroxylation sites is 1. The van der Waals surface area contributed by atoms with Gasteiger partial charge in [0.05, 0.1) is 0 Å². The number of fused-ring (bicyclic) bond motifs is 5. The van der Waals surface area contributed by atoms with E-state index >= 15 is 0 Å². The van der Waals surface area contributed by atoms with Gasteiger partial charge in [0.1, 0.15) is 0 Å². The molecule has 0 unspecified atom stereocenters. The first-order valence-electron chi connectivity index (χ1n) is 19.7. The summed E-state index contributed by atoms with van der Waals surface area (Å²) in [7, 11) is 0. The molecule has 58 heavy (non-hydrogen) atoms. The number of anilines is 3. The minimum atomic E-state index is 0.662. The van der Waals surface area contributed by atoms with E-state index in [1.165, 1.54) is 33.4 Å². The van der Waals surface area contributed by atoms with Crippen LogP contribution in [-0.4, -0.2) is 15.0 Å². The Kier molecular flexibility index (Phi) is 8.18. The average molecular weight is 741 g/mol. The molecule has 272 valence electrons. The molecule has 9 aromatic carbocycles. The molecule has 0 saturated heterocycles. The quantitative estimate of drug-likeness (QED) is 0.163. The Morgan fingerprint density at radius 1 is 0.310 bits per heavy atom. The summed E-state index contributed by atoms with van der Waals surface area (Å²) in [4.78, 5) is 17.9. The highest BCUT2D eigenvalue weighted by Gasteiger charge is 2.23. The van der Waals surface area contributed by atoms with Gasteiger partial charge in [-0.15, -0.1) is 0 Å². The van der Waals surface area contributed by atoms with Crippen molar-refractivity contribution in [3.63, 3.8) is 0 Å². The van der Waals surface area contributed by atoms with Crippen molar-refractivity contribution in [2.45, 2.75) is 6.42 Å². The third-order valence-corrected chi connectivity index (χ3v) is 11.3. The largest absolute Gasteiger partial charge is 0.310 e. The smallest absolute Gasteiger partial charge is 0.164 e. The molecule has 0 N–H and O–H groups in total. The molecular formula is C54H36N4. The number of hydrogen-bond donors (Lipinski definition) is 0. The van der Waals surface area contributed by atoms with Crippen LogP contribution in [0.1, 0.15) is 11.1 Å². The van der Waals surface area contributed by atoms with Crippen LogP contribution in [0.2, 0.25) is 0 Å². The number of hydrogen-bond acceptors (Lipinski definition) is 4. The standard InChI is InChI=1S/C54H36N4/c1-3-13-36(14-4-1)37-25-28-44(29-26-37)58(43-19-5-2-6-20-43)45-30-32-49-42(35-45)34-41-33-40(27-31-48(41)49)52-55-53(50-23-11-17-38-15-7-9-21-46(38)50)57-54(56-52)51-24-12-18-39-16-8-10-22-47(39)51/h1-33,35H,34H2.